The van der Waals surface area contributed by atoms with Crippen LogP contribution in [0.2, 0.25) is 5.02 Å². The zero-order chi connectivity index (χ0) is 15.6. The van der Waals surface area contributed by atoms with Gasteiger partial charge in [0.1, 0.15) is 11.4 Å². The molecule has 0 aliphatic carbocycles. The predicted octanol–water partition coefficient (Wildman–Crippen LogP) is 4.07. The molecule has 0 spiro atoms. The average molecular weight is 310 g/mol. The second-order valence-electron chi connectivity index (χ2n) is 6.07. The van der Waals surface area contributed by atoms with E-state index < -0.39 is 5.60 Å². The van der Waals surface area contributed by atoms with E-state index in [9.17, 15) is 9.90 Å². The quantitative estimate of drug-likeness (QED) is 0.850. The van der Waals surface area contributed by atoms with Crippen LogP contribution in [0.5, 0.6) is 5.75 Å². The Morgan fingerprint density at radius 2 is 2.10 bits per heavy atom. The molecule has 0 atom stereocenters. The van der Waals surface area contributed by atoms with Crippen LogP contribution in [0.3, 0.4) is 0 Å². The lowest BCUT2D eigenvalue weighted by Gasteiger charge is -2.29. The van der Waals surface area contributed by atoms with Crippen molar-refractivity contribution in [1.82, 2.24) is 4.90 Å². The van der Waals surface area contributed by atoms with E-state index in [-0.39, 0.29) is 11.8 Å². The number of aromatic hydroxyl groups is 1. The highest BCUT2D eigenvalue weighted by Crippen LogP contribution is 2.32. The SMILES string of the molecule is CC(C)(C)OC(=O)N1CC=C(c2cc(Cl)ccc2O)CC1. The van der Waals surface area contributed by atoms with Gasteiger partial charge in [0.25, 0.3) is 0 Å². The summed E-state index contributed by atoms with van der Waals surface area (Å²) in [6, 6.07) is 4.97. The molecule has 114 valence electrons. The Labute approximate surface area is 130 Å². The fraction of sp³-hybridized carbons (Fsp3) is 0.438. The number of carbonyl (C=O) groups excluding carboxylic acids is 1. The van der Waals surface area contributed by atoms with Crippen LogP contribution < -0.4 is 0 Å². The Hall–Kier alpha value is -1.68. The van der Waals surface area contributed by atoms with Crippen LogP contribution in [0.15, 0.2) is 24.3 Å². The van der Waals surface area contributed by atoms with Gasteiger partial charge >= 0.3 is 6.09 Å². The fourth-order valence-electron chi connectivity index (χ4n) is 2.17. The third-order valence-corrected chi connectivity index (χ3v) is 3.40. The predicted molar refractivity (Wildman–Crippen MR) is 83.5 cm³/mol. The summed E-state index contributed by atoms with van der Waals surface area (Å²) in [5.74, 6) is 0.205. The lowest BCUT2D eigenvalue weighted by Crippen LogP contribution is -2.39. The van der Waals surface area contributed by atoms with Gasteiger partial charge in [0, 0.05) is 23.7 Å². The number of phenolic OH excluding ortho intramolecular Hbond substituents is 1. The van der Waals surface area contributed by atoms with Crippen molar-refractivity contribution in [2.24, 2.45) is 0 Å². The van der Waals surface area contributed by atoms with E-state index in [1.807, 2.05) is 26.8 Å². The Kier molecular flexibility index (Phi) is 4.47. The van der Waals surface area contributed by atoms with Gasteiger partial charge in [-0.3, -0.25) is 0 Å². The van der Waals surface area contributed by atoms with Gasteiger partial charge in [-0.05, 0) is 51.0 Å². The maximum atomic E-state index is 12.0. The van der Waals surface area contributed by atoms with Crippen molar-refractivity contribution in [2.75, 3.05) is 13.1 Å². The van der Waals surface area contributed by atoms with Crippen LogP contribution in [0, 0.1) is 0 Å². The van der Waals surface area contributed by atoms with Crippen molar-refractivity contribution in [3.05, 3.63) is 34.9 Å². The molecule has 1 aliphatic heterocycles. The standard InChI is InChI=1S/C16H20ClNO3/c1-16(2,3)21-15(20)18-8-6-11(7-9-18)13-10-12(17)4-5-14(13)19/h4-6,10,19H,7-9H2,1-3H3. The highest BCUT2D eigenvalue weighted by molar-refractivity contribution is 6.30. The van der Waals surface area contributed by atoms with Gasteiger partial charge in [-0.15, -0.1) is 0 Å². The molecule has 0 bridgehead atoms. The third-order valence-electron chi connectivity index (χ3n) is 3.17. The van der Waals surface area contributed by atoms with E-state index in [4.69, 9.17) is 16.3 Å². The van der Waals surface area contributed by atoms with Gasteiger partial charge in [0.15, 0.2) is 0 Å². The molecule has 0 saturated heterocycles. The first-order chi connectivity index (χ1) is 9.76. The third kappa shape index (κ3) is 4.14. The van der Waals surface area contributed by atoms with Gasteiger partial charge in [-0.2, -0.15) is 0 Å². The molecule has 0 unspecified atom stereocenters. The molecule has 1 aromatic rings. The molecule has 0 radical (unpaired) electrons. The number of hydrogen-bond acceptors (Lipinski definition) is 3. The number of amides is 1. The summed E-state index contributed by atoms with van der Waals surface area (Å²) in [4.78, 5) is 13.6. The summed E-state index contributed by atoms with van der Waals surface area (Å²) in [7, 11) is 0. The first-order valence-electron chi connectivity index (χ1n) is 6.92. The van der Waals surface area contributed by atoms with Crippen molar-refractivity contribution in [1.29, 1.82) is 0 Å². The number of nitrogens with zero attached hydrogens (tertiary/aromatic N) is 1. The Morgan fingerprint density at radius 1 is 1.38 bits per heavy atom. The molecule has 0 fully saturated rings. The number of benzene rings is 1. The molecule has 1 aromatic carbocycles. The van der Waals surface area contributed by atoms with Gasteiger partial charge in [-0.25, -0.2) is 4.79 Å². The fourth-order valence-corrected chi connectivity index (χ4v) is 2.34. The maximum absolute atomic E-state index is 12.0. The molecule has 1 amide bonds. The van der Waals surface area contributed by atoms with Crippen LogP contribution >= 0.6 is 11.6 Å². The topological polar surface area (TPSA) is 49.8 Å². The summed E-state index contributed by atoms with van der Waals surface area (Å²) in [5, 5.41) is 10.5. The van der Waals surface area contributed by atoms with Crippen molar-refractivity contribution >= 4 is 23.3 Å². The molecule has 0 saturated carbocycles. The molecule has 0 aromatic heterocycles. The largest absolute Gasteiger partial charge is 0.507 e. The molecule has 1 heterocycles. The summed E-state index contributed by atoms with van der Waals surface area (Å²) in [5.41, 5.74) is 1.23. The Bertz CT molecular complexity index is 575. The molecule has 1 N–H and O–H groups in total. The van der Waals surface area contributed by atoms with Crippen LogP contribution in [0.25, 0.3) is 5.57 Å². The van der Waals surface area contributed by atoms with Crippen LogP contribution in [0.1, 0.15) is 32.8 Å². The molecular weight excluding hydrogens is 290 g/mol. The van der Waals surface area contributed by atoms with Crippen LogP contribution in [-0.2, 0) is 4.74 Å². The molecule has 4 nitrogen and oxygen atoms in total. The highest BCUT2D eigenvalue weighted by atomic mass is 35.5. The van der Waals surface area contributed by atoms with E-state index >= 15 is 0 Å². The zero-order valence-electron chi connectivity index (χ0n) is 12.5. The lowest BCUT2D eigenvalue weighted by molar-refractivity contribution is 0.0270. The minimum Gasteiger partial charge on any atom is -0.507 e. The molecule has 21 heavy (non-hydrogen) atoms. The van der Waals surface area contributed by atoms with Gasteiger partial charge < -0.3 is 14.7 Å². The molecule has 1 aliphatic rings. The number of carbonyl (C=O) groups is 1. The first kappa shape index (κ1) is 15.7. The summed E-state index contributed by atoms with van der Waals surface area (Å²) in [6.07, 6.45) is 2.28. The van der Waals surface area contributed by atoms with E-state index in [1.165, 1.54) is 0 Å². The van der Waals surface area contributed by atoms with Crippen LogP contribution in [-0.4, -0.2) is 34.8 Å². The first-order valence-corrected chi connectivity index (χ1v) is 7.30. The Morgan fingerprint density at radius 3 is 2.67 bits per heavy atom. The smallest absolute Gasteiger partial charge is 0.410 e. The average Bonchev–Trinajstić information content (AvgIpc) is 2.40. The highest BCUT2D eigenvalue weighted by Gasteiger charge is 2.24. The van der Waals surface area contributed by atoms with Crippen LogP contribution in [0.4, 0.5) is 4.79 Å². The molecule has 2 rings (SSSR count). The molecular formula is C16H20ClNO3. The van der Waals surface area contributed by atoms with E-state index in [1.54, 1.807) is 23.1 Å². The van der Waals surface area contributed by atoms with Crippen molar-refractivity contribution in [2.45, 2.75) is 32.8 Å². The second kappa shape index (κ2) is 5.98. The zero-order valence-corrected chi connectivity index (χ0v) is 13.3. The monoisotopic (exact) mass is 309 g/mol. The lowest BCUT2D eigenvalue weighted by atomic mass is 9.99. The van der Waals surface area contributed by atoms with E-state index in [0.29, 0.717) is 24.5 Å². The second-order valence-corrected chi connectivity index (χ2v) is 6.50. The normalized spacial score (nSPS) is 15.6. The number of halogens is 1. The van der Waals surface area contributed by atoms with Crippen molar-refractivity contribution in [3.8, 4) is 5.75 Å². The Balaban J connectivity index is 2.08. The van der Waals surface area contributed by atoms with Gasteiger partial charge in [-0.1, -0.05) is 17.7 Å². The minimum atomic E-state index is -0.494. The number of ether oxygens (including phenoxy) is 1. The number of hydrogen-bond donors (Lipinski definition) is 1. The summed E-state index contributed by atoms with van der Waals surface area (Å²) in [6.45, 7) is 6.57. The molecule has 5 heteroatoms. The minimum absolute atomic E-state index is 0.205. The van der Waals surface area contributed by atoms with Crippen molar-refractivity contribution in [3.63, 3.8) is 0 Å². The van der Waals surface area contributed by atoms with Gasteiger partial charge in [0.05, 0.1) is 0 Å². The van der Waals surface area contributed by atoms with E-state index in [0.717, 1.165) is 11.1 Å². The maximum Gasteiger partial charge on any atom is 0.410 e. The summed E-state index contributed by atoms with van der Waals surface area (Å²) >= 11 is 5.96. The van der Waals surface area contributed by atoms with E-state index in [2.05, 4.69) is 0 Å². The summed E-state index contributed by atoms with van der Waals surface area (Å²) < 4.78 is 5.35. The number of rotatable bonds is 1. The van der Waals surface area contributed by atoms with Crippen molar-refractivity contribution < 1.29 is 14.6 Å². The number of phenols is 1. The van der Waals surface area contributed by atoms with Gasteiger partial charge in [0.2, 0.25) is 0 Å².